The second kappa shape index (κ2) is 9.19. The van der Waals surface area contributed by atoms with Crippen molar-refractivity contribution in [2.75, 3.05) is 20.1 Å². The van der Waals surface area contributed by atoms with Gasteiger partial charge in [0.2, 0.25) is 0 Å². The van der Waals surface area contributed by atoms with Crippen LogP contribution in [0.1, 0.15) is 24.4 Å². The number of ether oxygens (including phenoxy) is 1. The Hall–Kier alpha value is -0.810. The van der Waals surface area contributed by atoms with Crippen LogP contribution in [-0.2, 0) is 9.53 Å². The van der Waals surface area contributed by atoms with Crippen LogP contribution < -0.4 is 5.73 Å². The summed E-state index contributed by atoms with van der Waals surface area (Å²) in [5, 5.41) is 0. The molecule has 4 nitrogen and oxygen atoms in total. The number of benzene rings is 1. The molecule has 0 spiro atoms. The van der Waals surface area contributed by atoms with Crippen LogP contribution >= 0.6 is 24.8 Å². The number of nitrogens with zero attached hydrogens (tertiary/aromatic N) is 1. The first-order valence-electron chi connectivity index (χ1n) is 6.36. The number of halogens is 2. The van der Waals surface area contributed by atoms with Crippen LogP contribution in [0.4, 0.5) is 0 Å². The molecule has 2 rings (SSSR count). The highest BCUT2D eigenvalue weighted by Gasteiger charge is 2.24. The fourth-order valence-electron chi connectivity index (χ4n) is 2.14. The van der Waals surface area contributed by atoms with Crippen LogP contribution in [-0.4, -0.2) is 37.1 Å². The minimum Gasteiger partial charge on any atom is -0.461 e. The third kappa shape index (κ3) is 5.29. The van der Waals surface area contributed by atoms with E-state index in [1.165, 1.54) is 0 Å². The van der Waals surface area contributed by atoms with Gasteiger partial charge in [-0.2, -0.15) is 0 Å². The quantitative estimate of drug-likeness (QED) is 0.867. The van der Waals surface area contributed by atoms with Crippen molar-refractivity contribution in [3.8, 4) is 0 Å². The van der Waals surface area contributed by atoms with Crippen LogP contribution in [0.15, 0.2) is 30.3 Å². The summed E-state index contributed by atoms with van der Waals surface area (Å²) in [5.41, 5.74) is 6.70. The molecule has 0 radical (unpaired) electrons. The average molecular weight is 321 g/mol. The van der Waals surface area contributed by atoms with Crippen LogP contribution in [0.2, 0.25) is 0 Å². The van der Waals surface area contributed by atoms with E-state index in [1.54, 1.807) is 0 Å². The standard InChI is InChI=1S/C14H20N2O2.2ClH/c1-16-9-7-12(8-10-16)18-14(17)13(15)11-5-3-2-4-6-11;;/h2-6,12-13H,7-10,15H2,1H3;2*1H. The molecule has 0 aromatic heterocycles. The summed E-state index contributed by atoms with van der Waals surface area (Å²) in [6.07, 6.45) is 1.80. The molecule has 1 aliphatic heterocycles. The number of carbonyl (C=O) groups is 1. The number of rotatable bonds is 3. The minimum absolute atomic E-state index is 0. The maximum atomic E-state index is 11.9. The number of carbonyl (C=O) groups excluding carboxylic acids is 1. The number of likely N-dealkylation sites (tertiary alicyclic amines) is 1. The molecular formula is C14H22Cl2N2O2. The Morgan fingerprint density at radius 2 is 1.80 bits per heavy atom. The highest BCUT2D eigenvalue weighted by molar-refractivity contribution is 5.85. The van der Waals surface area contributed by atoms with Crippen molar-refractivity contribution in [3.63, 3.8) is 0 Å². The summed E-state index contributed by atoms with van der Waals surface area (Å²) in [7, 11) is 2.08. The summed E-state index contributed by atoms with van der Waals surface area (Å²) in [4.78, 5) is 14.2. The lowest BCUT2D eigenvalue weighted by Gasteiger charge is -2.29. The van der Waals surface area contributed by atoms with Crippen molar-refractivity contribution >= 4 is 30.8 Å². The molecule has 1 aromatic carbocycles. The lowest BCUT2D eigenvalue weighted by atomic mass is 10.1. The normalized spacial score (nSPS) is 17.5. The fourth-order valence-corrected chi connectivity index (χ4v) is 2.14. The summed E-state index contributed by atoms with van der Waals surface area (Å²) < 4.78 is 5.47. The van der Waals surface area contributed by atoms with Crippen molar-refractivity contribution < 1.29 is 9.53 Å². The topological polar surface area (TPSA) is 55.6 Å². The van der Waals surface area contributed by atoms with Gasteiger partial charge in [-0.05, 0) is 25.5 Å². The highest BCUT2D eigenvalue weighted by atomic mass is 35.5. The molecule has 0 aliphatic carbocycles. The SMILES string of the molecule is CN1CCC(OC(=O)C(N)c2ccccc2)CC1.Cl.Cl. The lowest BCUT2D eigenvalue weighted by molar-refractivity contribution is -0.152. The van der Waals surface area contributed by atoms with E-state index in [9.17, 15) is 4.79 Å². The molecule has 1 unspecified atom stereocenters. The van der Waals surface area contributed by atoms with E-state index in [2.05, 4.69) is 11.9 Å². The van der Waals surface area contributed by atoms with Gasteiger partial charge in [-0.3, -0.25) is 0 Å². The fraction of sp³-hybridized carbons (Fsp3) is 0.500. The second-order valence-corrected chi connectivity index (χ2v) is 4.83. The van der Waals surface area contributed by atoms with Crippen molar-refractivity contribution in [2.24, 2.45) is 5.73 Å². The van der Waals surface area contributed by atoms with Gasteiger partial charge in [0.15, 0.2) is 0 Å². The predicted molar refractivity (Wildman–Crippen MR) is 84.5 cm³/mol. The van der Waals surface area contributed by atoms with E-state index in [-0.39, 0.29) is 36.9 Å². The molecule has 114 valence electrons. The molecule has 2 N–H and O–H groups in total. The van der Waals surface area contributed by atoms with Gasteiger partial charge in [-0.15, -0.1) is 24.8 Å². The predicted octanol–water partition coefficient (Wildman–Crippen LogP) is 2.17. The third-order valence-corrected chi connectivity index (χ3v) is 3.36. The Balaban J connectivity index is 0.00000180. The Kier molecular flexibility index (Phi) is 8.81. The van der Waals surface area contributed by atoms with E-state index in [0.29, 0.717) is 0 Å². The molecule has 1 aliphatic rings. The van der Waals surface area contributed by atoms with Crippen molar-refractivity contribution in [3.05, 3.63) is 35.9 Å². The number of hydrogen-bond donors (Lipinski definition) is 1. The van der Waals surface area contributed by atoms with Crippen LogP contribution in [0.3, 0.4) is 0 Å². The largest absolute Gasteiger partial charge is 0.461 e. The van der Waals surface area contributed by atoms with E-state index in [4.69, 9.17) is 10.5 Å². The van der Waals surface area contributed by atoms with E-state index >= 15 is 0 Å². The number of hydrogen-bond acceptors (Lipinski definition) is 4. The number of nitrogens with two attached hydrogens (primary N) is 1. The molecular weight excluding hydrogens is 299 g/mol. The Labute approximate surface area is 132 Å². The van der Waals surface area contributed by atoms with Gasteiger partial charge in [-0.25, -0.2) is 4.79 Å². The highest BCUT2D eigenvalue weighted by Crippen LogP contribution is 2.17. The monoisotopic (exact) mass is 320 g/mol. The summed E-state index contributed by atoms with van der Waals surface area (Å²) in [6, 6.07) is 8.67. The molecule has 1 fully saturated rings. The summed E-state index contributed by atoms with van der Waals surface area (Å²) in [5.74, 6) is -0.323. The first-order valence-corrected chi connectivity index (χ1v) is 6.36. The maximum absolute atomic E-state index is 11.9. The molecule has 0 saturated carbocycles. The van der Waals surface area contributed by atoms with Gasteiger partial charge in [0.25, 0.3) is 0 Å². The van der Waals surface area contributed by atoms with E-state index in [1.807, 2.05) is 30.3 Å². The van der Waals surface area contributed by atoms with Gasteiger partial charge in [0.1, 0.15) is 12.1 Å². The van der Waals surface area contributed by atoms with E-state index < -0.39 is 6.04 Å². The van der Waals surface area contributed by atoms with Gasteiger partial charge in [0.05, 0.1) is 0 Å². The molecule has 1 heterocycles. The summed E-state index contributed by atoms with van der Waals surface area (Å²) >= 11 is 0. The van der Waals surface area contributed by atoms with Crippen LogP contribution in [0.5, 0.6) is 0 Å². The smallest absolute Gasteiger partial charge is 0.327 e. The minimum atomic E-state index is -0.675. The van der Waals surface area contributed by atoms with Gasteiger partial charge < -0.3 is 15.4 Å². The molecule has 0 amide bonds. The Bertz CT molecular complexity index is 395. The zero-order chi connectivity index (χ0) is 13.0. The Morgan fingerprint density at radius 1 is 1.25 bits per heavy atom. The van der Waals surface area contributed by atoms with Crippen LogP contribution in [0.25, 0.3) is 0 Å². The molecule has 1 aromatic rings. The third-order valence-electron chi connectivity index (χ3n) is 3.36. The van der Waals surface area contributed by atoms with Crippen molar-refractivity contribution in [1.82, 2.24) is 4.90 Å². The molecule has 1 saturated heterocycles. The first-order chi connectivity index (χ1) is 8.66. The van der Waals surface area contributed by atoms with Crippen molar-refractivity contribution in [1.29, 1.82) is 0 Å². The van der Waals surface area contributed by atoms with Crippen LogP contribution in [0, 0.1) is 0 Å². The Morgan fingerprint density at radius 3 is 2.35 bits per heavy atom. The van der Waals surface area contributed by atoms with E-state index in [0.717, 1.165) is 31.5 Å². The van der Waals surface area contributed by atoms with Gasteiger partial charge in [0, 0.05) is 13.1 Å². The van der Waals surface area contributed by atoms with Crippen molar-refractivity contribution in [2.45, 2.75) is 25.0 Å². The zero-order valence-electron chi connectivity index (χ0n) is 11.5. The second-order valence-electron chi connectivity index (χ2n) is 4.83. The number of esters is 1. The zero-order valence-corrected chi connectivity index (χ0v) is 13.2. The molecule has 0 bridgehead atoms. The number of piperidine rings is 1. The molecule has 6 heteroatoms. The molecule has 1 atom stereocenters. The first kappa shape index (κ1) is 19.2. The lowest BCUT2D eigenvalue weighted by Crippen LogP contribution is -2.37. The average Bonchev–Trinajstić information content (AvgIpc) is 2.41. The molecule has 20 heavy (non-hydrogen) atoms. The maximum Gasteiger partial charge on any atom is 0.327 e. The van der Waals surface area contributed by atoms with Gasteiger partial charge >= 0.3 is 5.97 Å². The van der Waals surface area contributed by atoms with Gasteiger partial charge in [-0.1, -0.05) is 30.3 Å². The summed E-state index contributed by atoms with van der Waals surface area (Å²) in [6.45, 7) is 1.94.